The fourth-order valence-electron chi connectivity index (χ4n) is 5.00. The Morgan fingerprint density at radius 3 is 2.42 bits per heavy atom. The van der Waals surface area contributed by atoms with Gasteiger partial charge in [-0.2, -0.15) is 0 Å². The summed E-state index contributed by atoms with van der Waals surface area (Å²) < 4.78 is 39.5. The minimum Gasteiger partial charge on any atom is -0.445 e. The van der Waals surface area contributed by atoms with Crippen LogP contribution in [0.5, 0.6) is 0 Å². The van der Waals surface area contributed by atoms with Crippen LogP contribution in [0.3, 0.4) is 0 Å². The van der Waals surface area contributed by atoms with Gasteiger partial charge in [0.25, 0.3) is 11.8 Å². The Morgan fingerprint density at radius 1 is 1.00 bits per heavy atom. The fraction of sp³-hybridized carbons (Fsp3) is 0.343. The van der Waals surface area contributed by atoms with E-state index in [-0.39, 0.29) is 30.4 Å². The number of halogens is 2. The van der Waals surface area contributed by atoms with E-state index in [4.69, 9.17) is 14.9 Å². The van der Waals surface area contributed by atoms with Crippen molar-refractivity contribution >= 4 is 11.8 Å². The molecule has 0 bridgehead atoms. The third-order valence-corrected chi connectivity index (χ3v) is 7.51. The second kappa shape index (κ2) is 16.1. The zero-order chi connectivity index (χ0) is 32.3. The molecule has 0 aliphatic heterocycles. The highest BCUT2D eigenvalue weighted by Gasteiger charge is 2.24. The van der Waals surface area contributed by atoms with Gasteiger partial charge in [-0.25, -0.2) is 13.8 Å². The maximum atomic E-state index is 14.1. The summed E-state index contributed by atoms with van der Waals surface area (Å²) in [6.07, 6.45) is 5.58. The van der Waals surface area contributed by atoms with Crippen molar-refractivity contribution in [1.82, 2.24) is 15.2 Å². The van der Waals surface area contributed by atoms with E-state index in [1.807, 2.05) is 25.1 Å². The highest BCUT2D eigenvalue weighted by atomic mass is 19.1. The largest absolute Gasteiger partial charge is 0.445 e. The van der Waals surface area contributed by atoms with Crippen LogP contribution in [0.15, 0.2) is 77.5 Å². The Balaban J connectivity index is 1.58. The zero-order valence-corrected chi connectivity index (χ0v) is 25.9. The van der Waals surface area contributed by atoms with Crippen LogP contribution >= 0.6 is 0 Å². The third kappa shape index (κ3) is 9.54. The fourth-order valence-corrected chi connectivity index (χ4v) is 5.00. The Labute approximate surface area is 262 Å². The number of aryl methyl sites for hydroxylation is 1. The van der Waals surface area contributed by atoms with Gasteiger partial charge in [-0.1, -0.05) is 44.5 Å². The molecule has 1 aromatic heterocycles. The number of aromatic nitrogens is 1. The first-order chi connectivity index (χ1) is 21.7. The molecular weight excluding hydrogens is 578 g/mol. The molecule has 8 nitrogen and oxygen atoms in total. The van der Waals surface area contributed by atoms with Crippen LogP contribution in [0.4, 0.5) is 8.78 Å². The van der Waals surface area contributed by atoms with Crippen molar-refractivity contribution in [1.29, 1.82) is 0 Å². The van der Waals surface area contributed by atoms with E-state index in [9.17, 15) is 18.4 Å². The molecule has 0 spiro atoms. The Kier molecular flexibility index (Phi) is 11.9. The maximum Gasteiger partial charge on any atom is 0.253 e. The molecule has 0 saturated heterocycles. The normalized spacial score (nSPS) is 12.5. The molecule has 1 heterocycles. The number of ether oxygens (including phenoxy) is 1. The van der Waals surface area contributed by atoms with E-state index in [1.165, 1.54) is 36.2 Å². The van der Waals surface area contributed by atoms with Crippen LogP contribution in [0.25, 0.3) is 11.5 Å². The summed E-state index contributed by atoms with van der Waals surface area (Å²) in [5.74, 6) is -2.00. The molecule has 0 saturated carbocycles. The number of nitrogens with two attached hydrogens (primary N) is 1. The molecule has 2 amide bonds. The van der Waals surface area contributed by atoms with Crippen molar-refractivity contribution < 1.29 is 27.5 Å². The summed E-state index contributed by atoms with van der Waals surface area (Å²) in [4.78, 5) is 32.8. The smallest absolute Gasteiger partial charge is 0.253 e. The Hall–Kier alpha value is -4.41. The quantitative estimate of drug-likeness (QED) is 0.171. The Bertz CT molecular complexity index is 1560. The predicted octanol–water partition coefficient (Wildman–Crippen LogP) is 5.94. The second-order valence-corrected chi connectivity index (χ2v) is 11.1. The van der Waals surface area contributed by atoms with Gasteiger partial charge in [0.2, 0.25) is 5.89 Å². The van der Waals surface area contributed by atoms with E-state index < -0.39 is 29.6 Å². The van der Waals surface area contributed by atoms with Gasteiger partial charge in [-0.3, -0.25) is 9.59 Å². The van der Waals surface area contributed by atoms with E-state index in [0.29, 0.717) is 29.8 Å². The Morgan fingerprint density at radius 2 is 1.73 bits per heavy atom. The summed E-state index contributed by atoms with van der Waals surface area (Å²) in [6.45, 7) is 5.05. The molecule has 0 fully saturated rings. The summed E-state index contributed by atoms with van der Waals surface area (Å²) in [6, 6.07) is 14.4. The van der Waals surface area contributed by atoms with Crippen molar-refractivity contribution in [2.45, 2.75) is 58.2 Å². The van der Waals surface area contributed by atoms with Gasteiger partial charge in [0, 0.05) is 42.4 Å². The topological polar surface area (TPSA) is 111 Å². The number of carbonyl (C=O) groups is 2. The average molecular weight is 619 g/mol. The molecule has 238 valence electrons. The third-order valence-electron chi connectivity index (χ3n) is 7.51. The first kappa shape index (κ1) is 33.5. The number of nitrogens with one attached hydrogen (secondary N) is 1. The minimum absolute atomic E-state index is 0.0429. The molecule has 45 heavy (non-hydrogen) atoms. The first-order valence-electron chi connectivity index (χ1n) is 15.1. The lowest BCUT2D eigenvalue weighted by molar-refractivity contribution is 0.0793. The summed E-state index contributed by atoms with van der Waals surface area (Å²) in [5.41, 5.74) is 9.96. The number of benzene rings is 3. The molecule has 0 aliphatic rings. The molecule has 2 atom stereocenters. The summed E-state index contributed by atoms with van der Waals surface area (Å²) in [7, 11) is 1.71. The van der Waals surface area contributed by atoms with Gasteiger partial charge in [0.1, 0.15) is 17.9 Å². The monoisotopic (exact) mass is 618 g/mol. The van der Waals surface area contributed by atoms with E-state index in [2.05, 4.69) is 23.3 Å². The molecule has 0 radical (unpaired) electrons. The predicted molar refractivity (Wildman–Crippen MR) is 169 cm³/mol. The minimum atomic E-state index is -0.766. The van der Waals surface area contributed by atoms with E-state index >= 15 is 0 Å². The van der Waals surface area contributed by atoms with Crippen LogP contribution in [0.2, 0.25) is 0 Å². The van der Waals surface area contributed by atoms with Crippen molar-refractivity contribution in [2.75, 3.05) is 20.2 Å². The van der Waals surface area contributed by atoms with Gasteiger partial charge in [0.15, 0.2) is 0 Å². The van der Waals surface area contributed by atoms with Crippen molar-refractivity contribution in [3.05, 3.63) is 113 Å². The number of nitrogens with zero attached hydrogens (tertiary/aromatic N) is 2. The standard InChI is InChI=1S/C35H40F2N4O4/c1-4-6-11-41(3)35(43)28-18-26(17-27(19-28)34-39-10-12-45-34)33(42)40-32(16-25-14-29(36)20-30(37)15-25)31(38)22-44-21-24-9-7-8-23(5-2)13-24/h7-10,12-15,17-20,31-32H,4-6,11,16,21-22,38H2,1-3H3,(H,40,42)/t31?,32-/m0/s1. The summed E-state index contributed by atoms with van der Waals surface area (Å²) in [5, 5.41) is 2.92. The number of hydrogen-bond acceptors (Lipinski definition) is 6. The number of rotatable bonds is 15. The average Bonchev–Trinajstić information content (AvgIpc) is 3.57. The molecular formula is C35H40F2N4O4. The van der Waals surface area contributed by atoms with E-state index in [1.54, 1.807) is 24.1 Å². The highest BCUT2D eigenvalue weighted by Crippen LogP contribution is 2.23. The van der Waals surface area contributed by atoms with Gasteiger partial charge in [0.05, 0.1) is 25.5 Å². The van der Waals surface area contributed by atoms with Crippen molar-refractivity contribution in [3.63, 3.8) is 0 Å². The number of oxazole rings is 1. The second-order valence-electron chi connectivity index (χ2n) is 11.1. The van der Waals surface area contributed by atoms with Crippen LogP contribution in [-0.4, -0.2) is 54.0 Å². The van der Waals surface area contributed by atoms with Gasteiger partial charge < -0.3 is 25.1 Å². The zero-order valence-electron chi connectivity index (χ0n) is 25.9. The molecule has 1 unspecified atom stereocenters. The van der Waals surface area contributed by atoms with Crippen LogP contribution in [-0.2, 0) is 24.2 Å². The number of amides is 2. The van der Waals surface area contributed by atoms with Gasteiger partial charge in [-0.15, -0.1) is 0 Å². The van der Waals surface area contributed by atoms with Crippen LogP contribution < -0.4 is 11.1 Å². The lowest BCUT2D eigenvalue weighted by Crippen LogP contribution is -2.51. The maximum absolute atomic E-state index is 14.1. The molecule has 3 aromatic carbocycles. The molecule has 4 aromatic rings. The van der Waals surface area contributed by atoms with Gasteiger partial charge >= 0.3 is 0 Å². The van der Waals surface area contributed by atoms with Crippen molar-refractivity contribution in [3.8, 4) is 11.5 Å². The number of unbranched alkanes of at least 4 members (excludes halogenated alkanes) is 1. The SMILES string of the molecule is CCCCN(C)C(=O)c1cc(C(=O)N[C@@H](Cc2cc(F)cc(F)c2)C(N)COCc2cccc(CC)c2)cc(-c2ncco2)c1. The lowest BCUT2D eigenvalue weighted by atomic mass is 9.98. The summed E-state index contributed by atoms with van der Waals surface area (Å²) >= 11 is 0. The van der Waals surface area contributed by atoms with E-state index in [0.717, 1.165) is 30.9 Å². The van der Waals surface area contributed by atoms with Gasteiger partial charge in [-0.05, 0) is 66.3 Å². The van der Waals surface area contributed by atoms with Crippen LogP contribution in [0, 0.1) is 11.6 Å². The molecule has 4 rings (SSSR count). The number of carbonyl (C=O) groups excluding carboxylic acids is 2. The highest BCUT2D eigenvalue weighted by molar-refractivity contribution is 6.01. The van der Waals surface area contributed by atoms with Crippen molar-refractivity contribution in [2.24, 2.45) is 5.73 Å². The first-order valence-corrected chi connectivity index (χ1v) is 15.1. The molecule has 10 heteroatoms. The van der Waals surface area contributed by atoms with Crippen LogP contribution in [0.1, 0.15) is 64.1 Å². The lowest BCUT2D eigenvalue weighted by Gasteiger charge is -2.26. The number of hydrogen-bond donors (Lipinski definition) is 2. The molecule has 0 aliphatic carbocycles. The molecule has 3 N–H and O–H groups in total.